The molecule has 0 radical (unpaired) electrons. The number of rotatable bonds is 3. The Morgan fingerprint density at radius 2 is 1.77 bits per heavy atom. The predicted molar refractivity (Wildman–Crippen MR) is 87.3 cm³/mol. The minimum atomic E-state index is 0.202. The van der Waals surface area contributed by atoms with Crippen LogP contribution in [0.5, 0.6) is 0 Å². The van der Waals surface area contributed by atoms with E-state index in [9.17, 15) is 4.79 Å². The van der Waals surface area contributed by atoms with Crippen molar-refractivity contribution < 1.29 is 4.79 Å². The second kappa shape index (κ2) is 7.73. The Labute approximate surface area is 133 Å². The number of nitrogens with zero attached hydrogens (tertiary/aromatic N) is 3. The van der Waals surface area contributed by atoms with E-state index in [-0.39, 0.29) is 5.92 Å². The van der Waals surface area contributed by atoms with Crippen molar-refractivity contribution in [3.05, 3.63) is 30.1 Å². The fraction of sp³-hybridized carbons (Fsp3) is 0.667. The van der Waals surface area contributed by atoms with Crippen LogP contribution in [0.1, 0.15) is 44.1 Å². The van der Waals surface area contributed by atoms with Crippen molar-refractivity contribution in [1.29, 1.82) is 0 Å². The molecule has 0 spiro atoms. The summed E-state index contributed by atoms with van der Waals surface area (Å²) in [6.07, 6.45) is 10.8. The first-order valence-electron chi connectivity index (χ1n) is 8.73. The third-order valence-corrected chi connectivity index (χ3v) is 4.93. The van der Waals surface area contributed by atoms with Crippen molar-refractivity contribution in [2.45, 2.75) is 45.1 Å². The fourth-order valence-electron chi connectivity index (χ4n) is 3.70. The summed E-state index contributed by atoms with van der Waals surface area (Å²) in [7, 11) is 0. The van der Waals surface area contributed by atoms with Crippen LogP contribution in [0.3, 0.4) is 0 Å². The van der Waals surface area contributed by atoms with Gasteiger partial charge in [-0.2, -0.15) is 0 Å². The monoisotopic (exact) mass is 301 g/mol. The average molecular weight is 301 g/mol. The minimum Gasteiger partial charge on any atom is -0.342 e. The number of carbonyl (C=O) groups excluding carboxylic acids is 1. The lowest BCUT2D eigenvalue weighted by Crippen LogP contribution is -2.44. The molecule has 4 heteroatoms. The maximum Gasteiger partial charge on any atom is 0.226 e. The molecule has 1 aromatic heterocycles. The first-order valence-corrected chi connectivity index (χ1v) is 8.73. The van der Waals surface area contributed by atoms with E-state index in [2.05, 4.69) is 26.9 Å². The molecule has 2 aliphatic heterocycles. The van der Waals surface area contributed by atoms with E-state index in [4.69, 9.17) is 0 Å². The molecule has 0 unspecified atom stereocenters. The van der Waals surface area contributed by atoms with Gasteiger partial charge < -0.3 is 4.90 Å². The number of pyridine rings is 1. The number of piperidine rings is 1. The Balaban J connectivity index is 1.56. The zero-order valence-corrected chi connectivity index (χ0v) is 13.4. The molecule has 120 valence electrons. The lowest BCUT2D eigenvalue weighted by molar-refractivity contribution is -0.137. The SMILES string of the molecule is O=C([C@H]1CCCN(Cc2ccncc2)C1)N1CCCCCC1. The molecule has 1 atom stereocenters. The van der Waals surface area contributed by atoms with Crippen LogP contribution in [-0.2, 0) is 11.3 Å². The molecule has 2 fully saturated rings. The van der Waals surface area contributed by atoms with Crippen LogP contribution in [0.25, 0.3) is 0 Å². The quantitative estimate of drug-likeness (QED) is 0.861. The number of hydrogen-bond donors (Lipinski definition) is 0. The third-order valence-electron chi connectivity index (χ3n) is 4.93. The molecule has 0 aliphatic carbocycles. The summed E-state index contributed by atoms with van der Waals surface area (Å²) < 4.78 is 0. The van der Waals surface area contributed by atoms with Gasteiger partial charge in [0.1, 0.15) is 0 Å². The van der Waals surface area contributed by atoms with Crippen LogP contribution in [-0.4, -0.2) is 46.9 Å². The minimum absolute atomic E-state index is 0.202. The predicted octanol–water partition coefficient (Wildman–Crippen LogP) is 2.70. The fourth-order valence-corrected chi connectivity index (χ4v) is 3.70. The molecule has 3 rings (SSSR count). The first kappa shape index (κ1) is 15.5. The van der Waals surface area contributed by atoms with Crippen molar-refractivity contribution in [2.75, 3.05) is 26.2 Å². The molecule has 0 N–H and O–H groups in total. The zero-order chi connectivity index (χ0) is 15.2. The number of amides is 1. The molecule has 3 heterocycles. The van der Waals surface area contributed by atoms with E-state index in [0.717, 1.165) is 45.6 Å². The number of aromatic nitrogens is 1. The van der Waals surface area contributed by atoms with Gasteiger partial charge in [-0.3, -0.25) is 14.7 Å². The van der Waals surface area contributed by atoms with Gasteiger partial charge in [-0.1, -0.05) is 12.8 Å². The standard InChI is InChI=1S/C18H27N3O/c22-18(21-12-3-1-2-4-13-21)17-6-5-11-20(15-17)14-16-7-9-19-10-8-16/h7-10,17H,1-6,11-15H2/t17-/m0/s1. The van der Waals surface area contributed by atoms with Crippen LogP contribution in [0, 0.1) is 5.92 Å². The number of hydrogen-bond acceptors (Lipinski definition) is 3. The van der Waals surface area contributed by atoms with Gasteiger partial charge in [-0.15, -0.1) is 0 Å². The summed E-state index contributed by atoms with van der Waals surface area (Å²) in [6.45, 7) is 4.90. The van der Waals surface area contributed by atoms with Crippen molar-refractivity contribution in [2.24, 2.45) is 5.92 Å². The Kier molecular flexibility index (Phi) is 5.43. The largest absolute Gasteiger partial charge is 0.342 e. The highest BCUT2D eigenvalue weighted by atomic mass is 16.2. The van der Waals surface area contributed by atoms with Crippen molar-refractivity contribution in [3.63, 3.8) is 0 Å². The summed E-state index contributed by atoms with van der Waals surface area (Å²) >= 11 is 0. The second-order valence-electron chi connectivity index (χ2n) is 6.67. The van der Waals surface area contributed by atoms with Crippen LogP contribution in [0.15, 0.2) is 24.5 Å². The summed E-state index contributed by atoms with van der Waals surface area (Å²) in [5, 5.41) is 0. The maximum atomic E-state index is 12.8. The van der Waals surface area contributed by atoms with Gasteiger partial charge in [-0.05, 0) is 49.9 Å². The highest BCUT2D eigenvalue weighted by molar-refractivity contribution is 5.79. The highest BCUT2D eigenvalue weighted by Gasteiger charge is 2.29. The normalized spacial score (nSPS) is 24.0. The number of carbonyl (C=O) groups is 1. The zero-order valence-electron chi connectivity index (χ0n) is 13.4. The van der Waals surface area contributed by atoms with Crippen LogP contribution < -0.4 is 0 Å². The van der Waals surface area contributed by atoms with Crippen molar-refractivity contribution in [1.82, 2.24) is 14.8 Å². The molecule has 1 aromatic rings. The lowest BCUT2D eigenvalue weighted by Gasteiger charge is -2.34. The van der Waals surface area contributed by atoms with E-state index in [0.29, 0.717) is 5.91 Å². The second-order valence-corrected chi connectivity index (χ2v) is 6.67. The lowest BCUT2D eigenvalue weighted by atomic mass is 9.96. The highest BCUT2D eigenvalue weighted by Crippen LogP contribution is 2.22. The molecule has 22 heavy (non-hydrogen) atoms. The summed E-state index contributed by atoms with van der Waals surface area (Å²) in [6, 6.07) is 4.14. The Bertz CT molecular complexity index is 468. The van der Waals surface area contributed by atoms with Gasteiger partial charge in [0.05, 0.1) is 5.92 Å². The summed E-state index contributed by atoms with van der Waals surface area (Å²) in [4.78, 5) is 21.4. The Morgan fingerprint density at radius 1 is 1.05 bits per heavy atom. The Morgan fingerprint density at radius 3 is 2.50 bits per heavy atom. The van der Waals surface area contributed by atoms with Gasteiger partial charge >= 0.3 is 0 Å². The molecule has 0 aromatic carbocycles. The first-order chi connectivity index (χ1) is 10.8. The molecule has 0 saturated carbocycles. The average Bonchev–Trinajstić information content (AvgIpc) is 2.85. The van der Waals surface area contributed by atoms with Gasteiger partial charge in [0.15, 0.2) is 0 Å². The molecule has 1 amide bonds. The van der Waals surface area contributed by atoms with E-state index in [1.54, 1.807) is 0 Å². The van der Waals surface area contributed by atoms with Crippen LogP contribution in [0.2, 0.25) is 0 Å². The summed E-state index contributed by atoms with van der Waals surface area (Å²) in [5.74, 6) is 0.606. The van der Waals surface area contributed by atoms with E-state index < -0.39 is 0 Å². The molecule has 2 saturated heterocycles. The molecule has 0 bridgehead atoms. The maximum absolute atomic E-state index is 12.8. The molecule has 2 aliphatic rings. The van der Waals surface area contributed by atoms with E-state index in [1.165, 1.54) is 31.2 Å². The molecular formula is C18H27N3O. The van der Waals surface area contributed by atoms with Crippen molar-refractivity contribution in [3.8, 4) is 0 Å². The smallest absolute Gasteiger partial charge is 0.226 e. The Hall–Kier alpha value is -1.42. The van der Waals surface area contributed by atoms with Gasteiger partial charge in [0, 0.05) is 38.6 Å². The van der Waals surface area contributed by atoms with Gasteiger partial charge in [0.2, 0.25) is 5.91 Å². The third kappa shape index (κ3) is 4.07. The van der Waals surface area contributed by atoms with Crippen LogP contribution >= 0.6 is 0 Å². The molecule has 4 nitrogen and oxygen atoms in total. The summed E-state index contributed by atoms with van der Waals surface area (Å²) in [5.41, 5.74) is 1.29. The van der Waals surface area contributed by atoms with Gasteiger partial charge in [-0.25, -0.2) is 0 Å². The van der Waals surface area contributed by atoms with Gasteiger partial charge in [0.25, 0.3) is 0 Å². The number of likely N-dealkylation sites (tertiary alicyclic amines) is 2. The van der Waals surface area contributed by atoms with E-state index in [1.807, 2.05) is 12.4 Å². The van der Waals surface area contributed by atoms with Crippen LogP contribution in [0.4, 0.5) is 0 Å². The molecular weight excluding hydrogens is 274 g/mol. The van der Waals surface area contributed by atoms with Crippen molar-refractivity contribution >= 4 is 5.91 Å². The van der Waals surface area contributed by atoms with E-state index >= 15 is 0 Å². The topological polar surface area (TPSA) is 36.4 Å².